The molecule has 2 aliphatic rings. The molecule has 2 fully saturated rings. The first-order valence-corrected chi connectivity index (χ1v) is 25.7. The number of fused-ring (bicyclic) bond motifs is 2. The first-order chi connectivity index (χ1) is 31.9. The topological polar surface area (TPSA) is 206 Å². The highest BCUT2D eigenvalue weighted by Gasteiger charge is 2.38. The Morgan fingerprint density at radius 3 is 1.41 bits per heavy atom. The Hall–Kier alpha value is -5.64. The Bertz CT molecular complexity index is 3100. The molecule has 69 heavy (non-hydrogen) atoms. The second-order valence-corrected chi connectivity index (χ2v) is 24.2. The summed E-state index contributed by atoms with van der Waals surface area (Å²) >= 11 is 0. The normalized spacial score (nSPS) is 17.3. The molecule has 2 N–H and O–H groups in total. The number of halogens is 4. The maximum atomic E-state index is 13.7. The van der Waals surface area contributed by atoms with E-state index >= 15 is 0 Å². The molecule has 0 spiro atoms. The number of carboxylic acid groups (broad SMARTS) is 1. The van der Waals surface area contributed by atoms with Gasteiger partial charge in [0.1, 0.15) is 11.6 Å². The van der Waals surface area contributed by atoms with E-state index < -0.39 is 43.8 Å². The SMILES string of the molecule is CC(C)(C)c1nc2cc(S(=O)(=O)n3cc(C(=O)O)cn3)ccc2n1CC1CCC(F)(F)CC1.CC(C)NC(=O)c1cnn(S(=O)(=O)c2ccc3c(c2)nc(C(C)(C)C)n3CC2CCC(F)(F)CC2)c1. The van der Waals surface area contributed by atoms with Gasteiger partial charge in [-0.1, -0.05) is 41.5 Å². The number of hydrogen-bond acceptors (Lipinski definition) is 10. The summed E-state index contributed by atoms with van der Waals surface area (Å²) in [5, 5.41) is 19.3. The number of carbonyl (C=O) groups excluding carboxylic acids is 1. The van der Waals surface area contributed by atoms with Gasteiger partial charge in [0.05, 0.1) is 67.8 Å². The largest absolute Gasteiger partial charge is 0.478 e. The number of amides is 1. The molecule has 22 heteroatoms. The number of aromatic carboxylic acids is 1. The van der Waals surface area contributed by atoms with E-state index in [1.165, 1.54) is 36.7 Å². The van der Waals surface area contributed by atoms with E-state index in [1.807, 2.05) is 64.5 Å². The fraction of sp³-hybridized carbons (Fsp3) is 0.532. The molecule has 374 valence electrons. The van der Waals surface area contributed by atoms with Crippen molar-refractivity contribution in [1.82, 2.24) is 42.8 Å². The van der Waals surface area contributed by atoms with Crippen molar-refractivity contribution in [3.05, 3.63) is 84.0 Å². The van der Waals surface area contributed by atoms with E-state index in [4.69, 9.17) is 15.1 Å². The number of aromatic nitrogens is 8. The summed E-state index contributed by atoms with van der Waals surface area (Å²) in [6.45, 7) is 16.7. The highest BCUT2D eigenvalue weighted by molar-refractivity contribution is 7.90. The van der Waals surface area contributed by atoms with Crippen molar-refractivity contribution >= 4 is 54.0 Å². The quantitative estimate of drug-likeness (QED) is 0.117. The van der Waals surface area contributed by atoms with Crippen LogP contribution in [-0.4, -0.2) is 89.2 Å². The van der Waals surface area contributed by atoms with Crippen molar-refractivity contribution in [3.8, 4) is 0 Å². The van der Waals surface area contributed by atoms with Crippen molar-refractivity contribution in [3.63, 3.8) is 0 Å². The molecule has 4 aromatic heterocycles. The predicted molar refractivity (Wildman–Crippen MR) is 250 cm³/mol. The lowest BCUT2D eigenvalue weighted by Gasteiger charge is -2.30. The minimum Gasteiger partial charge on any atom is -0.478 e. The van der Waals surface area contributed by atoms with E-state index in [9.17, 15) is 44.0 Å². The van der Waals surface area contributed by atoms with Crippen molar-refractivity contribution in [2.24, 2.45) is 11.8 Å². The van der Waals surface area contributed by atoms with E-state index in [-0.39, 0.29) is 75.3 Å². The van der Waals surface area contributed by atoms with Gasteiger partial charge in [0, 0.05) is 55.6 Å². The van der Waals surface area contributed by atoms with Crippen molar-refractivity contribution in [2.75, 3.05) is 0 Å². The maximum absolute atomic E-state index is 13.7. The average molecular weight is 1000 g/mol. The minimum atomic E-state index is -4.11. The zero-order chi connectivity index (χ0) is 50.6. The molecule has 0 unspecified atom stereocenters. The second-order valence-electron chi connectivity index (χ2n) is 20.6. The van der Waals surface area contributed by atoms with E-state index in [0.717, 1.165) is 39.2 Å². The first-order valence-electron chi connectivity index (χ1n) is 22.9. The molecule has 0 atom stereocenters. The van der Waals surface area contributed by atoms with Gasteiger partial charge >= 0.3 is 5.97 Å². The van der Waals surface area contributed by atoms with Gasteiger partial charge in [0.2, 0.25) is 11.8 Å². The number of alkyl halides is 4. The Balaban J connectivity index is 0.000000205. The predicted octanol–water partition coefficient (Wildman–Crippen LogP) is 9.02. The molecule has 2 aliphatic carbocycles. The molecule has 6 aromatic rings. The molecule has 16 nitrogen and oxygen atoms in total. The van der Waals surface area contributed by atoms with Crippen LogP contribution in [0.1, 0.15) is 139 Å². The van der Waals surface area contributed by atoms with Crippen LogP contribution in [-0.2, 0) is 44.0 Å². The number of nitrogens with zero attached hydrogens (tertiary/aromatic N) is 8. The van der Waals surface area contributed by atoms with Gasteiger partial charge < -0.3 is 19.6 Å². The van der Waals surface area contributed by atoms with Crippen LogP contribution in [0.4, 0.5) is 17.6 Å². The third kappa shape index (κ3) is 11.2. The summed E-state index contributed by atoms with van der Waals surface area (Å²) in [7, 11) is -8.17. The highest BCUT2D eigenvalue weighted by Crippen LogP contribution is 2.40. The molecule has 2 aromatic carbocycles. The van der Waals surface area contributed by atoms with Crippen LogP contribution in [0.2, 0.25) is 0 Å². The lowest BCUT2D eigenvalue weighted by molar-refractivity contribution is -0.0478. The molecule has 4 heterocycles. The smallest absolute Gasteiger partial charge is 0.338 e. The number of carbonyl (C=O) groups is 2. The zero-order valence-electron chi connectivity index (χ0n) is 39.9. The van der Waals surface area contributed by atoms with E-state index in [0.29, 0.717) is 53.9 Å². The zero-order valence-corrected chi connectivity index (χ0v) is 41.5. The lowest BCUT2D eigenvalue weighted by atomic mass is 9.86. The van der Waals surface area contributed by atoms with Crippen LogP contribution in [0.25, 0.3) is 22.1 Å². The molecular formula is C47H59F4N9O7S2. The highest BCUT2D eigenvalue weighted by atomic mass is 32.2. The molecule has 8 rings (SSSR count). The van der Waals surface area contributed by atoms with Crippen LogP contribution in [0.5, 0.6) is 0 Å². The van der Waals surface area contributed by atoms with Crippen LogP contribution < -0.4 is 5.32 Å². The van der Waals surface area contributed by atoms with Crippen LogP contribution in [0.3, 0.4) is 0 Å². The van der Waals surface area contributed by atoms with Crippen molar-refractivity contribution < 1.29 is 49.1 Å². The Morgan fingerprint density at radius 1 is 0.681 bits per heavy atom. The molecule has 0 saturated heterocycles. The first kappa shape index (κ1) is 51.2. The summed E-state index contributed by atoms with van der Waals surface area (Å²) in [5.74, 6) is -5.16. The van der Waals surface area contributed by atoms with E-state index in [2.05, 4.69) is 15.5 Å². The Morgan fingerprint density at radius 2 is 1.06 bits per heavy atom. The monoisotopic (exact) mass is 1000 g/mol. The summed E-state index contributed by atoms with van der Waals surface area (Å²) in [4.78, 5) is 32.7. The second kappa shape index (κ2) is 18.6. The number of imidazole rings is 2. The summed E-state index contributed by atoms with van der Waals surface area (Å²) in [6.07, 6.45) is 5.57. The van der Waals surface area contributed by atoms with Crippen molar-refractivity contribution in [1.29, 1.82) is 0 Å². The van der Waals surface area contributed by atoms with Crippen LogP contribution in [0.15, 0.2) is 71.0 Å². The third-order valence-corrected chi connectivity index (χ3v) is 15.6. The fourth-order valence-corrected chi connectivity index (χ4v) is 11.1. The number of benzene rings is 2. The lowest BCUT2D eigenvalue weighted by Crippen LogP contribution is -2.29. The Kier molecular flexibility index (Phi) is 13.8. The molecule has 0 aliphatic heterocycles. The number of rotatable bonds is 11. The molecule has 0 bridgehead atoms. The molecular weight excluding hydrogens is 943 g/mol. The van der Waals surface area contributed by atoms with Crippen molar-refractivity contribution in [2.45, 2.75) is 158 Å². The molecule has 2 saturated carbocycles. The van der Waals surface area contributed by atoms with Gasteiger partial charge in [-0.15, -0.1) is 0 Å². The minimum absolute atomic E-state index is 0.00339. The number of hydrogen-bond donors (Lipinski definition) is 2. The molecule has 0 radical (unpaired) electrons. The van der Waals surface area contributed by atoms with Gasteiger partial charge in [-0.25, -0.2) is 32.3 Å². The van der Waals surface area contributed by atoms with Gasteiger partial charge in [-0.2, -0.15) is 35.2 Å². The standard InChI is InChI=1S/C25H33F2N5O3S.C22H26F2N4O4S/c1-16(2)29-22(33)18-13-28-32(15-18)36(34,35)19-6-7-21-20(12-19)30-23(24(3,4)5)31(21)14-17-8-10-25(26,27)11-9-17;1-21(2,3)20-26-17-10-16(33(31,32)28-13-15(11-25-28)19(29)30)4-5-18(17)27(20)12-14-6-8-22(23,24)9-7-14/h6-7,12-13,15-17H,8-11,14H2,1-5H3,(H,29,33);4-5,10-11,13-14H,6-9,12H2,1-3H3,(H,29,30). The van der Waals surface area contributed by atoms with E-state index in [1.54, 1.807) is 12.1 Å². The van der Waals surface area contributed by atoms with Crippen LogP contribution >= 0.6 is 0 Å². The third-order valence-electron chi connectivity index (χ3n) is 12.5. The van der Waals surface area contributed by atoms with Crippen LogP contribution in [0, 0.1) is 11.8 Å². The Labute approximate surface area is 398 Å². The number of carboxylic acids is 1. The summed E-state index contributed by atoms with van der Waals surface area (Å²) in [5.41, 5.74) is 1.67. The van der Waals surface area contributed by atoms with Gasteiger partial charge in [0.15, 0.2) is 0 Å². The number of nitrogens with one attached hydrogen (secondary N) is 1. The average Bonchev–Trinajstić information content (AvgIpc) is 4.08. The molecule has 1 amide bonds. The summed E-state index contributed by atoms with van der Waals surface area (Å²) in [6, 6.07) is 9.12. The fourth-order valence-electron chi connectivity index (χ4n) is 8.80. The van der Waals surface area contributed by atoms with Gasteiger partial charge in [0.25, 0.3) is 26.0 Å². The summed E-state index contributed by atoms with van der Waals surface area (Å²) < 4.78 is 113. The van der Waals surface area contributed by atoms with Gasteiger partial charge in [-0.05, 0) is 87.8 Å². The maximum Gasteiger partial charge on any atom is 0.338 e. The van der Waals surface area contributed by atoms with Gasteiger partial charge in [-0.3, -0.25) is 4.79 Å².